The molecule has 0 aliphatic heterocycles. The number of Topliss-reactive ketones (excluding diaryl/α,β-unsaturated/α-hetero) is 1. The minimum absolute atomic E-state index is 0.0302. The molecule has 0 aliphatic carbocycles. The second-order valence-electron chi connectivity index (χ2n) is 4.87. The Balaban J connectivity index is 1.95. The molecule has 22 heavy (non-hydrogen) atoms. The quantitative estimate of drug-likeness (QED) is 0.521. The summed E-state index contributed by atoms with van der Waals surface area (Å²) in [4.78, 5) is 31.8. The number of benzene rings is 1. The Morgan fingerprint density at radius 2 is 1.95 bits per heavy atom. The van der Waals surface area contributed by atoms with Gasteiger partial charge in [0.1, 0.15) is 10.9 Å². The number of aryl methyl sites for hydroxylation is 2. The van der Waals surface area contributed by atoms with E-state index in [1.165, 1.54) is 18.7 Å². The molecule has 114 valence electrons. The Morgan fingerprint density at radius 3 is 2.64 bits per heavy atom. The zero-order valence-electron chi connectivity index (χ0n) is 12.7. The molecule has 1 aromatic heterocycles. The number of ketones is 1. The van der Waals surface area contributed by atoms with Crippen molar-refractivity contribution in [2.24, 2.45) is 0 Å². The molecule has 2 aromatic rings. The second-order valence-corrected chi connectivity index (χ2v) is 5.86. The molecule has 0 aliphatic rings. The van der Waals surface area contributed by atoms with Crippen LogP contribution in [0.15, 0.2) is 35.4 Å². The third-order valence-electron chi connectivity index (χ3n) is 2.85. The number of amides is 1. The Kier molecular flexibility index (Phi) is 5.27. The first-order chi connectivity index (χ1) is 10.4. The van der Waals surface area contributed by atoms with Crippen LogP contribution < -0.4 is 5.32 Å². The van der Waals surface area contributed by atoms with E-state index in [0.717, 1.165) is 10.7 Å². The van der Waals surface area contributed by atoms with E-state index >= 15 is 0 Å². The minimum Gasteiger partial charge on any atom is -0.325 e. The van der Waals surface area contributed by atoms with Crippen LogP contribution >= 0.6 is 11.8 Å². The van der Waals surface area contributed by atoms with Gasteiger partial charge in [-0.1, -0.05) is 23.9 Å². The molecular formula is C16H17N3O2S. The molecule has 0 radical (unpaired) electrons. The smallest absolute Gasteiger partial charge is 0.234 e. The van der Waals surface area contributed by atoms with Gasteiger partial charge in [0.05, 0.1) is 5.75 Å². The lowest BCUT2D eigenvalue weighted by atomic mass is 10.1. The molecule has 0 saturated carbocycles. The fourth-order valence-electron chi connectivity index (χ4n) is 1.91. The van der Waals surface area contributed by atoms with E-state index in [-0.39, 0.29) is 17.4 Å². The van der Waals surface area contributed by atoms with Gasteiger partial charge >= 0.3 is 0 Å². The van der Waals surface area contributed by atoms with Crippen LogP contribution in [0.5, 0.6) is 0 Å². The predicted molar refractivity (Wildman–Crippen MR) is 87.3 cm³/mol. The van der Waals surface area contributed by atoms with Gasteiger partial charge in [0.2, 0.25) is 5.91 Å². The fraction of sp³-hybridized carbons (Fsp3) is 0.250. The van der Waals surface area contributed by atoms with Gasteiger partial charge < -0.3 is 5.32 Å². The lowest BCUT2D eigenvalue weighted by Gasteiger charge is -2.06. The number of rotatable bonds is 5. The van der Waals surface area contributed by atoms with Crippen molar-refractivity contribution in [2.45, 2.75) is 25.8 Å². The van der Waals surface area contributed by atoms with E-state index in [1.807, 2.05) is 19.9 Å². The Labute approximate surface area is 133 Å². The highest BCUT2D eigenvalue weighted by molar-refractivity contribution is 7.99. The summed E-state index contributed by atoms with van der Waals surface area (Å²) in [5.74, 6) is 0.773. The summed E-state index contributed by atoms with van der Waals surface area (Å²) in [6, 6.07) is 8.75. The number of carbonyl (C=O) groups is 2. The Bertz CT molecular complexity index is 696. The van der Waals surface area contributed by atoms with Crippen LogP contribution in [0.1, 0.15) is 28.8 Å². The minimum atomic E-state index is -0.139. The molecule has 1 heterocycles. The van der Waals surface area contributed by atoms with E-state index in [2.05, 4.69) is 15.3 Å². The molecule has 1 aromatic carbocycles. The van der Waals surface area contributed by atoms with Gasteiger partial charge in [0, 0.05) is 16.9 Å². The number of carbonyl (C=O) groups excluding carboxylic acids is 2. The zero-order valence-corrected chi connectivity index (χ0v) is 13.5. The van der Waals surface area contributed by atoms with E-state index in [0.29, 0.717) is 17.1 Å². The molecule has 0 unspecified atom stereocenters. The summed E-state index contributed by atoms with van der Waals surface area (Å²) in [6.07, 6.45) is 0. The normalized spacial score (nSPS) is 10.3. The van der Waals surface area contributed by atoms with Crippen LogP contribution in [0.3, 0.4) is 0 Å². The molecule has 0 spiro atoms. The lowest BCUT2D eigenvalue weighted by molar-refractivity contribution is -0.113. The summed E-state index contributed by atoms with van der Waals surface area (Å²) in [5, 5.41) is 3.56. The molecule has 6 heteroatoms. The zero-order chi connectivity index (χ0) is 16.1. The van der Waals surface area contributed by atoms with E-state index in [1.54, 1.807) is 24.3 Å². The topological polar surface area (TPSA) is 72.0 Å². The first kappa shape index (κ1) is 16.2. The number of anilines is 1. The summed E-state index contributed by atoms with van der Waals surface area (Å²) >= 11 is 1.36. The van der Waals surface area contributed by atoms with Crippen molar-refractivity contribution in [3.8, 4) is 0 Å². The van der Waals surface area contributed by atoms with Crippen molar-refractivity contribution in [3.63, 3.8) is 0 Å². The summed E-state index contributed by atoms with van der Waals surface area (Å²) in [7, 11) is 0. The largest absolute Gasteiger partial charge is 0.325 e. The highest BCUT2D eigenvalue weighted by atomic mass is 32.2. The first-order valence-corrected chi connectivity index (χ1v) is 7.78. The van der Waals surface area contributed by atoms with Gasteiger partial charge in [-0.15, -0.1) is 0 Å². The van der Waals surface area contributed by atoms with E-state index in [9.17, 15) is 9.59 Å². The number of nitrogens with one attached hydrogen (secondary N) is 1. The van der Waals surface area contributed by atoms with Crippen LogP contribution in [0.25, 0.3) is 0 Å². The maximum atomic E-state index is 12.0. The number of hydrogen-bond acceptors (Lipinski definition) is 5. The molecule has 1 amide bonds. The third-order valence-corrected chi connectivity index (χ3v) is 3.76. The van der Waals surface area contributed by atoms with E-state index in [4.69, 9.17) is 0 Å². The van der Waals surface area contributed by atoms with Crippen molar-refractivity contribution >= 4 is 29.1 Å². The van der Waals surface area contributed by atoms with Crippen molar-refractivity contribution < 1.29 is 9.59 Å². The Hall–Kier alpha value is -2.21. The van der Waals surface area contributed by atoms with Crippen molar-refractivity contribution in [1.29, 1.82) is 0 Å². The van der Waals surface area contributed by atoms with Crippen LogP contribution in [-0.4, -0.2) is 27.4 Å². The fourth-order valence-corrected chi connectivity index (χ4v) is 2.71. The Morgan fingerprint density at radius 1 is 1.18 bits per heavy atom. The molecular weight excluding hydrogens is 298 g/mol. The van der Waals surface area contributed by atoms with Gasteiger partial charge in [-0.25, -0.2) is 9.97 Å². The average molecular weight is 315 g/mol. The summed E-state index contributed by atoms with van der Waals surface area (Å²) in [5.41, 5.74) is 2.07. The monoisotopic (exact) mass is 315 g/mol. The SMILES string of the molecule is CC(=O)c1cccc(NC(=O)CSc2cc(C)nc(C)n2)c1. The first-order valence-electron chi connectivity index (χ1n) is 6.80. The maximum Gasteiger partial charge on any atom is 0.234 e. The van der Waals surface area contributed by atoms with Gasteiger partial charge in [-0.05, 0) is 39.0 Å². The van der Waals surface area contributed by atoms with Crippen LogP contribution in [-0.2, 0) is 4.79 Å². The highest BCUT2D eigenvalue weighted by Crippen LogP contribution is 2.17. The lowest BCUT2D eigenvalue weighted by Crippen LogP contribution is -2.14. The second kappa shape index (κ2) is 7.17. The molecule has 2 rings (SSSR count). The van der Waals surface area contributed by atoms with Gasteiger partial charge in [0.25, 0.3) is 0 Å². The van der Waals surface area contributed by atoms with Gasteiger partial charge in [-0.3, -0.25) is 9.59 Å². The highest BCUT2D eigenvalue weighted by Gasteiger charge is 2.07. The van der Waals surface area contributed by atoms with Crippen LogP contribution in [0, 0.1) is 13.8 Å². The van der Waals surface area contributed by atoms with Gasteiger partial charge in [-0.2, -0.15) is 0 Å². The summed E-state index contributed by atoms with van der Waals surface area (Å²) < 4.78 is 0. The number of nitrogens with zero attached hydrogens (tertiary/aromatic N) is 2. The molecule has 1 N–H and O–H groups in total. The average Bonchev–Trinajstić information content (AvgIpc) is 2.44. The van der Waals surface area contributed by atoms with E-state index < -0.39 is 0 Å². The third kappa shape index (κ3) is 4.66. The number of hydrogen-bond donors (Lipinski definition) is 1. The van der Waals surface area contributed by atoms with Crippen LogP contribution in [0.2, 0.25) is 0 Å². The molecule has 0 atom stereocenters. The van der Waals surface area contributed by atoms with Crippen LogP contribution in [0.4, 0.5) is 5.69 Å². The number of aromatic nitrogens is 2. The molecule has 0 bridgehead atoms. The van der Waals surface area contributed by atoms with Gasteiger partial charge in [0.15, 0.2) is 5.78 Å². The molecule has 0 fully saturated rings. The standard InChI is InChI=1S/C16H17N3O2S/c1-10-7-16(18-12(3)17-10)22-9-15(21)19-14-6-4-5-13(8-14)11(2)20/h4-8H,9H2,1-3H3,(H,19,21). The predicted octanol–water partition coefficient (Wildman–Crippen LogP) is 3.03. The number of thioether (sulfide) groups is 1. The summed E-state index contributed by atoms with van der Waals surface area (Å²) in [6.45, 7) is 5.22. The van der Waals surface area contributed by atoms with Crippen molar-refractivity contribution in [1.82, 2.24) is 9.97 Å². The molecule has 5 nitrogen and oxygen atoms in total. The maximum absolute atomic E-state index is 12.0. The molecule has 0 saturated heterocycles. The van der Waals surface area contributed by atoms with Crippen molar-refractivity contribution in [3.05, 3.63) is 47.4 Å². The van der Waals surface area contributed by atoms with Crippen molar-refractivity contribution in [2.75, 3.05) is 11.1 Å².